The summed E-state index contributed by atoms with van der Waals surface area (Å²) in [5.41, 5.74) is 2.60. The number of nitrogens with zero attached hydrogens (tertiary/aromatic N) is 1. The molecule has 2 heterocycles. The number of hydrogen-bond acceptors (Lipinski definition) is 4. The first-order valence-electron chi connectivity index (χ1n) is 7.62. The molecule has 0 saturated heterocycles. The Kier molecular flexibility index (Phi) is 4.18. The average Bonchev–Trinajstić information content (AvgIpc) is 3.00. The van der Waals surface area contributed by atoms with Crippen molar-refractivity contribution in [2.75, 3.05) is 11.4 Å². The minimum absolute atomic E-state index is 0.0562. The van der Waals surface area contributed by atoms with Crippen LogP contribution in [0.5, 0.6) is 0 Å². The summed E-state index contributed by atoms with van der Waals surface area (Å²) in [4.78, 5) is 14.8. The van der Waals surface area contributed by atoms with Gasteiger partial charge in [-0.1, -0.05) is 36.6 Å². The largest absolute Gasteiger partial charge is 0.457 e. The van der Waals surface area contributed by atoms with Crippen molar-refractivity contribution in [2.24, 2.45) is 0 Å². The fraction of sp³-hybridized carbons (Fsp3) is 0.211. The summed E-state index contributed by atoms with van der Waals surface area (Å²) in [6.45, 7) is 10.5. The first-order valence-corrected chi connectivity index (χ1v) is 8.43. The molecular formula is C19H19NO2S. The number of benzene rings is 1. The van der Waals surface area contributed by atoms with Crippen molar-refractivity contribution in [3.05, 3.63) is 46.0 Å². The number of carbonyl (C=O) groups is 1. The van der Waals surface area contributed by atoms with Gasteiger partial charge in [0.25, 0.3) is 0 Å². The highest BCUT2D eigenvalue weighted by Gasteiger charge is 2.28. The van der Waals surface area contributed by atoms with E-state index in [0.29, 0.717) is 5.42 Å². The van der Waals surface area contributed by atoms with Gasteiger partial charge in [0.1, 0.15) is 11.0 Å². The van der Waals surface area contributed by atoms with Gasteiger partial charge in [-0.25, -0.2) is 0 Å². The SMILES string of the molecule is C=c1oc2ccc3c(c2/c1=C/C=C\C)N(CC)/C(=C/C(C)=O)S3. The molecule has 118 valence electrons. The lowest BCUT2D eigenvalue weighted by Gasteiger charge is -2.18. The summed E-state index contributed by atoms with van der Waals surface area (Å²) in [7, 11) is 0. The predicted octanol–water partition coefficient (Wildman–Crippen LogP) is 3.56. The standard InChI is InChI=1S/C19H19NO2S/c1-5-7-8-14-13(4)22-15-9-10-16-19(18(14)15)20(6-2)17(23-16)11-12(3)21/h5,7-11H,4,6H2,1-3H3/b7-5-,14-8+,17-11-. The second-order valence-electron chi connectivity index (χ2n) is 5.36. The quantitative estimate of drug-likeness (QED) is 0.808. The van der Waals surface area contributed by atoms with Crippen molar-refractivity contribution in [2.45, 2.75) is 25.7 Å². The van der Waals surface area contributed by atoms with Crippen molar-refractivity contribution in [3.63, 3.8) is 0 Å². The zero-order chi connectivity index (χ0) is 16.6. The molecule has 0 amide bonds. The molecule has 0 saturated carbocycles. The molecule has 23 heavy (non-hydrogen) atoms. The minimum Gasteiger partial charge on any atom is -0.457 e. The van der Waals surface area contributed by atoms with E-state index < -0.39 is 0 Å². The number of ketones is 1. The Morgan fingerprint density at radius 3 is 2.87 bits per heavy atom. The maximum absolute atomic E-state index is 11.5. The van der Waals surface area contributed by atoms with Gasteiger partial charge in [-0.15, -0.1) is 0 Å². The third-order valence-corrected chi connectivity index (χ3v) is 4.85. The molecule has 0 spiro atoms. The van der Waals surface area contributed by atoms with E-state index in [4.69, 9.17) is 4.42 Å². The normalized spacial score (nSPS) is 16.9. The highest BCUT2D eigenvalue weighted by atomic mass is 32.2. The maximum atomic E-state index is 11.5. The molecule has 0 aliphatic carbocycles. The Morgan fingerprint density at radius 1 is 1.43 bits per heavy atom. The lowest BCUT2D eigenvalue weighted by atomic mass is 10.1. The fourth-order valence-electron chi connectivity index (χ4n) is 2.82. The van der Waals surface area contributed by atoms with Crippen molar-refractivity contribution in [1.82, 2.24) is 0 Å². The van der Waals surface area contributed by atoms with Crippen LogP contribution >= 0.6 is 11.8 Å². The monoisotopic (exact) mass is 325 g/mol. The molecule has 0 fully saturated rings. The molecule has 1 aliphatic rings. The van der Waals surface area contributed by atoms with E-state index in [1.807, 2.05) is 37.3 Å². The highest BCUT2D eigenvalue weighted by molar-refractivity contribution is 8.03. The Balaban J connectivity index is 2.36. The molecular weight excluding hydrogens is 306 g/mol. The van der Waals surface area contributed by atoms with Crippen LogP contribution in [0, 0.1) is 0 Å². The number of anilines is 1. The van der Waals surface area contributed by atoms with Gasteiger partial charge in [-0.2, -0.15) is 0 Å². The Bertz CT molecular complexity index is 950. The number of allylic oxidation sites excluding steroid dienone is 3. The number of fused-ring (bicyclic) bond motifs is 3. The number of furan rings is 1. The van der Waals surface area contributed by atoms with Gasteiger partial charge in [-0.05, 0) is 32.9 Å². The molecule has 3 rings (SSSR count). The number of rotatable bonds is 3. The molecule has 0 unspecified atom stereocenters. The van der Waals surface area contributed by atoms with Crippen LogP contribution in [0.15, 0.2) is 44.7 Å². The van der Waals surface area contributed by atoms with E-state index >= 15 is 0 Å². The zero-order valence-corrected chi connectivity index (χ0v) is 14.4. The maximum Gasteiger partial charge on any atom is 0.155 e. The predicted molar refractivity (Wildman–Crippen MR) is 97.9 cm³/mol. The first kappa shape index (κ1) is 15.7. The second kappa shape index (κ2) is 6.13. The molecule has 0 atom stereocenters. The summed E-state index contributed by atoms with van der Waals surface area (Å²) in [5, 5.41) is 3.02. The van der Waals surface area contributed by atoms with Crippen LogP contribution in [0.2, 0.25) is 0 Å². The Labute approximate surface area is 139 Å². The van der Waals surface area contributed by atoms with E-state index in [1.165, 1.54) is 0 Å². The summed E-state index contributed by atoms with van der Waals surface area (Å²) in [6.07, 6.45) is 7.69. The fourth-order valence-corrected chi connectivity index (χ4v) is 4.04. The van der Waals surface area contributed by atoms with Gasteiger partial charge < -0.3 is 9.32 Å². The molecule has 0 radical (unpaired) electrons. The summed E-state index contributed by atoms with van der Waals surface area (Å²) in [6, 6.07) is 4.03. The average molecular weight is 325 g/mol. The highest BCUT2D eigenvalue weighted by Crippen LogP contribution is 2.48. The first-order chi connectivity index (χ1) is 11.1. The molecule has 0 bridgehead atoms. The summed E-state index contributed by atoms with van der Waals surface area (Å²) >= 11 is 1.63. The van der Waals surface area contributed by atoms with E-state index in [9.17, 15) is 4.79 Å². The lowest BCUT2D eigenvalue weighted by molar-refractivity contribution is -0.112. The van der Waals surface area contributed by atoms with Crippen LogP contribution in [0.1, 0.15) is 20.8 Å². The molecule has 4 heteroatoms. The molecule has 1 aliphatic heterocycles. The van der Waals surface area contributed by atoms with Crippen molar-refractivity contribution >= 4 is 46.9 Å². The van der Waals surface area contributed by atoms with Gasteiger partial charge in [-0.3, -0.25) is 4.79 Å². The van der Waals surface area contributed by atoms with Crippen LogP contribution in [-0.2, 0) is 4.79 Å². The topological polar surface area (TPSA) is 33.5 Å². The molecule has 3 nitrogen and oxygen atoms in total. The molecule has 0 N–H and O–H groups in total. The summed E-state index contributed by atoms with van der Waals surface area (Å²) < 4.78 is 5.83. The van der Waals surface area contributed by atoms with Crippen LogP contribution in [0.4, 0.5) is 5.69 Å². The van der Waals surface area contributed by atoms with Crippen molar-refractivity contribution in [1.29, 1.82) is 0 Å². The van der Waals surface area contributed by atoms with Crippen LogP contribution in [0.3, 0.4) is 0 Å². The Hall–Kier alpha value is -2.20. The smallest absolute Gasteiger partial charge is 0.155 e. The zero-order valence-electron chi connectivity index (χ0n) is 13.6. The van der Waals surface area contributed by atoms with Gasteiger partial charge in [0.2, 0.25) is 0 Å². The molecule has 1 aromatic heterocycles. The molecule has 1 aromatic carbocycles. The van der Waals surface area contributed by atoms with Crippen molar-refractivity contribution in [3.8, 4) is 0 Å². The number of carbonyl (C=O) groups excluding carboxylic acids is 1. The van der Waals surface area contributed by atoms with Gasteiger partial charge >= 0.3 is 0 Å². The van der Waals surface area contributed by atoms with E-state index in [0.717, 1.165) is 38.3 Å². The third-order valence-electron chi connectivity index (χ3n) is 3.75. The van der Waals surface area contributed by atoms with Gasteiger partial charge in [0.05, 0.1) is 16.1 Å². The van der Waals surface area contributed by atoms with Crippen molar-refractivity contribution < 1.29 is 9.21 Å². The minimum atomic E-state index is 0.0562. The van der Waals surface area contributed by atoms with E-state index in [-0.39, 0.29) is 5.78 Å². The Morgan fingerprint density at radius 2 is 2.22 bits per heavy atom. The van der Waals surface area contributed by atoms with E-state index in [1.54, 1.807) is 24.8 Å². The summed E-state index contributed by atoms with van der Waals surface area (Å²) in [5.74, 6) is 0.0562. The second-order valence-corrected chi connectivity index (χ2v) is 6.42. The third kappa shape index (κ3) is 2.63. The van der Waals surface area contributed by atoms with Crippen LogP contribution in [-0.4, -0.2) is 12.3 Å². The number of hydrogen-bond donors (Lipinski definition) is 0. The van der Waals surface area contributed by atoms with Gasteiger partial charge in [0.15, 0.2) is 5.78 Å². The lowest BCUT2D eigenvalue weighted by Crippen LogP contribution is -2.22. The molecule has 2 aromatic rings. The van der Waals surface area contributed by atoms with E-state index in [2.05, 4.69) is 18.4 Å². The van der Waals surface area contributed by atoms with Crippen LogP contribution < -0.4 is 15.5 Å². The number of thioether (sulfide) groups is 1. The van der Waals surface area contributed by atoms with Gasteiger partial charge in [0, 0.05) is 22.7 Å². The van der Waals surface area contributed by atoms with Crippen LogP contribution in [0.25, 0.3) is 23.6 Å².